The van der Waals surface area contributed by atoms with Crippen molar-refractivity contribution in [2.45, 2.75) is 38.1 Å². The van der Waals surface area contributed by atoms with Crippen molar-refractivity contribution < 1.29 is 0 Å². The molecule has 1 aliphatic rings. The molecule has 0 saturated heterocycles. The van der Waals surface area contributed by atoms with Gasteiger partial charge in [0, 0.05) is 13.1 Å². The second-order valence-electron chi connectivity index (χ2n) is 5.00. The minimum Gasteiger partial charge on any atom is -0.268 e. The summed E-state index contributed by atoms with van der Waals surface area (Å²) < 4.78 is 3.29. The molecule has 3 rings (SSSR count). The number of aryl methyl sites for hydroxylation is 1. The largest absolute Gasteiger partial charge is 0.268 e. The first-order valence-electron chi connectivity index (χ1n) is 6.70. The molecule has 0 radical (unpaired) electrons. The summed E-state index contributed by atoms with van der Waals surface area (Å²) in [6, 6.07) is 3.64. The molecule has 0 spiro atoms. The Hall–Kier alpha value is -1.98. The Labute approximate surface area is 111 Å². The van der Waals surface area contributed by atoms with E-state index in [1.807, 2.05) is 4.68 Å². The number of hydrogen-bond donors (Lipinski definition) is 0. The van der Waals surface area contributed by atoms with Crippen molar-refractivity contribution >= 4 is 0 Å². The van der Waals surface area contributed by atoms with Crippen LogP contribution in [0.1, 0.15) is 38.1 Å². The Balaban J connectivity index is 1.98. The van der Waals surface area contributed by atoms with Gasteiger partial charge in [-0.05, 0) is 18.9 Å². The van der Waals surface area contributed by atoms with E-state index in [2.05, 4.69) is 15.2 Å². The summed E-state index contributed by atoms with van der Waals surface area (Å²) in [5, 5.41) is 8.60. The van der Waals surface area contributed by atoms with E-state index in [-0.39, 0.29) is 5.56 Å². The smallest absolute Gasteiger partial charge is 0.266 e. The molecule has 2 heterocycles. The molecule has 6 heteroatoms. The van der Waals surface area contributed by atoms with Gasteiger partial charge in [-0.25, -0.2) is 14.3 Å². The van der Waals surface area contributed by atoms with Gasteiger partial charge < -0.3 is 0 Å². The van der Waals surface area contributed by atoms with E-state index in [1.54, 1.807) is 19.4 Å². The average molecular weight is 259 g/mol. The third kappa shape index (κ3) is 2.30. The quantitative estimate of drug-likeness (QED) is 0.820. The fourth-order valence-electron chi connectivity index (χ4n) is 2.65. The zero-order valence-electron chi connectivity index (χ0n) is 11.0. The van der Waals surface area contributed by atoms with Crippen molar-refractivity contribution in [3.63, 3.8) is 0 Å². The van der Waals surface area contributed by atoms with E-state index >= 15 is 0 Å². The van der Waals surface area contributed by atoms with Crippen molar-refractivity contribution in [1.29, 1.82) is 0 Å². The minimum absolute atomic E-state index is 0.118. The molecular weight excluding hydrogens is 242 g/mol. The van der Waals surface area contributed by atoms with Gasteiger partial charge >= 0.3 is 0 Å². The first-order valence-corrected chi connectivity index (χ1v) is 6.70. The average Bonchev–Trinajstić information content (AvgIpc) is 2.92. The van der Waals surface area contributed by atoms with E-state index in [0.29, 0.717) is 11.7 Å². The molecule has 0 aliphatic heterocycles. The maximum atomic E-state index is 11.4. The maximum absolute atomic E-state index is 11.4. The molecule has 0 atom stereocenters. The van der Waals surface area contributed by atoms with Crippen LogP contribution in [0.5, 0.6) is 0 Å². The van der Waals surface area contributed by atoms with Crippen LogP contribution in [0.25, 0.3) is 11.5 Å². The second kappa shape index (κ2) is 4.95. The molecule has 1 saturated carbocycles. The summed E-state index contributed by atoms with van der Waals surface area (Å²) in [7, 11) is 1.65. The molecular formula is C13H17N5O. The monoisotopic (exact) mass is 259 g/mol. The lowest BCUT2D eigenvalue weighted by Gasteiger charge is -2.22. The molecule has 0 unspecified atom stereocenters. The highest BCUT2D eigenvalue weighted by molar-refractivity contribution is 5.47. The molecule has 0 aromatic carbocycles. The van der Waals surface area contributed by atoms with Crippen LogP contribution in [0, 0.1) is 0 Å². The Bertz CT molecular complexity index is 624. The number of nitrogens with zero attached hydrogens (tertiary/aromatic N) is 5. The van der Waals surface area contributed by atoms with Crippen molar-refractivity contribution in [1.82, 2.24) is 24.5 Å². The summed E-state index contributed by atoms with van der Waals surface area (Å²) in [5.41, 5.74) is 0.581. The standard InChI is InChI=1S/C13H17N5O/c1-17-12(19)8-7-11(16-17)13-14-9-15-18(13)10-5-3-2-4-6-10/h7-10H,2-6H2,1H3. The lowest BCUT2D eigenvalue weighted by molar-refractivity contribution is 0.331. The van der Waals surface area contributed by atoms with Crippen LogP contribution in [0.15, 0.2) is 23.3 Å². The molecule has 0 bridgehead atoms. The first-order chi connectivity index (χ1) is 9.25. The van der Waals surface area contributed by atoms with E-state index in [1.165, 1.54) is 30.0 Å². The molecule has 100 valence electrons. The van der Waals surface area contributed by atoms with Crippen molar-refractivity contribution in [3.8, 4) is 11.5 Å². The Kier molecular flexibility index (Phi) is 3.15. The van der Waals surface area contributed by atoms with Crippen LogP contribution >= 0.6 is 0 Å². The highest BCUT2D eigenvalue weighted by Crippen LogP contribution is 2.29. The molecule has 2 aromatic rings. The zero-order chi connectivity index (χ0) is 13.2. The summed E-state index contributed by atoms with van der Waals surface area (Å²) >= 11 is 0. The van der Waals surface area contributed by atoms with Gasteiger partial charge in [0.1, 0.15) is 12.0 Å². The predicted octanol–water partition coefficient (Wildman–Crippen LogP) is 1.54. The fourth-order valence-corrected chi connectivity index (χ4v) is 2.65. The van der Waals surface area contributed by atoms with Crippen LogP contribution in [-0.2, 0) is 7.05 Å². The highest BCUT2D eigenvalue weighted by atomic mass is 16.1. The van der Waals surface area contributed by atoms with E-state index in [4.69, 9.17) is 0 Å². The number of rotatable bonds is 2. The Morgan fingerprint density at radius 2 is 2.00 bits per heavy atom. The minimum atomic E-state index is -0.118. The summed E-state index contributed by atoms with van der Waals surface area (Å²) in [5.74, 6) is 0.752. The van der Waals surface area contributed by atoms with Crippen LogP contribution in [0.4, 0.5) is 0 Å². The van der Waals surface area contributed by atoms with Crippen LogP contribution in [0.2, 0.25) is 0 Å². The van der Waals surface area contributed by atoms with Gasteiger partial charge in [-0.1, -0.05) is 19.3 Å². The third-order valence-corrected chi connectivity index (χ3v) is 3.68. The van der Waals surface area contributed by atoms with Crippen LogP contribution in [-0.4, -0.2) is 24.5 Å². The van der Waals surface area contributed by atoms with E-state index in [9.17, 15) is 4.79 Å². The lowest BCUT2D eigenvalue weighted by atomic mass is 9.95. The van der Waals surface area contributed by atoms with Gasteiger partial charge in [0.25, 0.3) is 5.56 Å². The fraction of sp³-hybridized carbons (Fsp3) is 0.538. The van der Waals surface area contributed by atoms with E-state index in [0.717, 1.165) is 18.7 Å². The molecule has 1 aliphatic carbocycles. The second-order valence-corrected chi connectivity index (χ2v) is 5.00. The maximum Gasteiger partial charge on any atom is 0.266 e. The van der Waals surface area contributed by atoms with Crippen molar-refractivity contribution in [2.75, 3.05) is 0 Å². The van der Waals surface area contributed by atoms with Gasteiger partial charge in [0.05, 0.1) is 6.04 Å². The van der Waals surface area contributed by atoms with E-state index < -0.39 is 0 Å². The number of aromatic nitrogens is 5. The molecule has 0 amide bonds. The zero-order valence-corrected chi connectivity index (χ0v) is 11.0. The Morgan fingerprint density at radius 3 is 2.74 bits per heavy atom. The molecule has 2 aromatic heterocycles. The summed E-state index contributed by atoms with van der Waals surface area (Å²) in [4.78, 5) is 15.7. The van der Waals surface area contributed by atoms with Gasteiger partial charge in [0.15, 0.2) is 5.82 Å². The van der Waals surface area contributed by atoms with Gasteiger partial charge in [-0.15, -0.1) is 0 Å². The first kappa shape index (κ1) is 12.1. The lowest BCUT2D eigenvalue weighted by Crippen LogP contribution is -2.20. The Morgan fingerprint density at radius 1 is 1.21 bits per heavy atom. The van der Waals surface area contributed by atoms with Crippen LogP contribution in [0.3, 0.4) is 0 Å². The predicted molar refractivity (Wildman–Crippen MR) is 70.6 cm³/mol. The van der Waals surface area contributed by atoms with Crippen LogP contribution < -0.4 is 5.56 Å². The third-order valence-electron chi connectivity index (χ3n) is 3.68. The van der Waals surface area contributed by atoms with Gasteiger partial charge in [0.2, 0.25) is 0 Å². The SMILES string of the molecule is Cn1nc(-c2ncnn2C2CCCCC2)ccc1=O. The number of hydrogen-bond acceptors (Lipinski definition) is 4. The van der Waals surface area contributed by atoms with Crippen molar-refractivity contribution in [2.24, 2.45) is 7.05 Å². The van der Waals surface area contributed by atoms with Gasteiger partial charge in [-0.2, -0.15) is 10.2 Å². The van der Waals surface area contributed by atoms with Crippen molar-refractivity contribution in [3.05, 3.63) is 28.8 Å². The summed E-state index contributed by atoms with van der Waals surface area (Å²) in [6.07, 6.45) is 7.63. The molecule has 1 fully saturated rings. The normalized spacial score (nSPS) is 16.7. The molecule has 6 nitrogen and oxygen atoms in total. The topological polar surface area (TPSA) is 65.6 Å². The molecule has 0 N–H and O–H groups in total. The highest BCUT2D eigenvalue weighted by Gasteiger charge is 2.20. The molecule has 19 heavy (non-hydrogen) atoms. The summed E-state index contributed by atoms with van der Waals surface area (Å²) in [6.45, 7) is 0. The van der Waals surface area contributed by atoms with Gasteiger partial charge in [-0.3, -0.25) is 4.79 Å².